The van der Waals surface area contributed by atoms with E-state index in [1.807, 2.05) is 0 Å². The summed E-state index contributed by atoms with van der Waals surface area (Å²) in [6.07, 6.45) is 12.4. The molecule has 0 N–H and O–H groups in total. The molecule has 26 heavy (non-hydrogen) atoms. The Morgan fingerprint density at radius 2 is 1.85 bits per heavy atom. The molecule has 1 saturated heterocycles. The van der Waals surface area contributed by atoms with E-state index >= 15 is 0 Å². The summed E-state index contributed by atoms with van der Waals surface area (Å²) in [6.45, 7) is 17.4. The molecular formula is C23H42O2Si. The number of hydrogen-bond donors (Lipinski definition) is 0. The Kier molecular flexibility index (Phi) is 5.84. The van der Waals surface area contributed by atoms with Crippen LogP contribution in [-0.2, 0) is 9.16 Å². The lowest BCUT2D eigenvalue weighted by molar-refractivity contribution is -0.0183. The summed E-state index contributed by atoms with van der Waals surface area (Å²) in [6, 6.07) is 0. The van der Waals surface area contributed by atoms with E-state index in [2.05, 4.69) is 53.8 Å². The van der Waals surface area contributed by atoms with Crippen LogP contribution < -0.4 is 0 Å². The van der Waals surface area contributed by atoms with Crippen molar-refractivity contribution >= 4 is 8.32 Å². The van der Waals surface area contributed by atoms with Crippen molar-refractivity contribution in [2.75, 3.05) is 6.61 Å². The molecule has 150 valence electrons. The van der Waals surface area contributed by atoms with Crippen LogP contribution in [0.4, 0.5) is 0 Å². The molecule has 0 amide bonds. The molecule has 1 aliphatic heterocycles. The van der Waals surface area contributed by atoms with Crippen LogP contribution in [0.25, 0.3) is 0 Å². The monoisotopic (exact) mass is 378 g/mol. The molecular weight excluding hydrogens is 336 g/mol. The van der Waals surface area contributed by atoms with E-state index in [4.69, 9.17) is 9.16 Å². The molecule has 0 aromatic rings. The third-order valence-corrected chi connectivity index (χ3v) is 12.6. The van der Waals surface area contributed by atoms with Gasteiger partial charge in [-0.2, -0.15) is 0 Å². The minimum absolute atomic E-state index is 0.300. The van der Waals surface area contributed by atoms with E-state index in [0.717, 1.165) is 18.4 Å². The maximum Gasteiger partial charge on any atom is 0.192 e. The van der Waals surface area contributed by atoms with Crippen molar-refractivity contribution in [3.63, 3.8) is 0 Å². The second-order valence-corrected chi connectivity index (χ2v) is 15.8. The lowest BCUT2D eigenvalue weighted by Gasteiger charge is -2.48. The van der Waals surface area contributed by atoms with Gasteiger partial charge in [-0.05, 0) is 82.3 Å². The summed E-state index contributed by atoms with van der Waals surface area (Å²) in [5.41, 5.74) is 1.86. The molecule has 2 saturated carbocycles. The Morgan fingerprint density at radius 3 is 2.50 bits per heavy atom. The van der Waals surface area contributed by atoms with Crippen LogP contribution in [0, 0.1) is 17.3 Å². The van der Waals surface area contributed by atoms with Gasteiger partial charge in [0.05, 0.1) is 12.7 Å². The first kappa shape index (κ1) is 20.6. The lowest BCUT2D eigenvalue weighted by atomic mass is 9.63. The van der Waals surface area contributed by atoms with Gasteiger partial charge in [0, 0.05) is 11.5 Å². The van der Waals surface area contributed by atoms with Gasteiger partial charge in [-0.3, -0.25) is 0 Å². The first-order valence-corrected chi connectivity index (χ1v) is 13.9. The van der Waals surface area contributed by atoms with Crippen LogP contribution in [0.5, 0.6) is 0 Å². The van der Waals surface area contributed by atoms with Gasteiger partial charge in [-0.1, -0.05) is 38.8 Å². The molecule has 0 radical (unpaired) electrons. The predicted molar refractivity (Wildman–Crippen MR) is 113 cm³/mol. The van der Waals surface area contributed by atoms with Crippen LogP contribution in [0.2, 0.25) is 18.1 Å². The van der Waals surface area contributed by atoms with Crippen molar-refractivity contribution in [2.45, 2.75) is 110 Å². The minimum Gasteiger partial charge on any atom is -0.414 e. The van der Waals surface area contributed by atoms with Gasteiger partial charge in [-0.15, -0.1) is 0 Å². The maximum absolute atomic E-state index is 6.98. The maximum atomic E-state index is 6.98. The summed E-state index contributed by atoms with van der Waals surface area (Å²) in [5.74, 6) is 1.52. The van der Waals surface area contributed by atoms with Crippen molar-refractivity contribution in [1.82, 2.24) is 0 Å². The first-order valence-electron chi connectivity index (χ1n) is 11.0. The van der Waals surface area contributed by atoms with E-state index in [1.165, 1.54) is 50.5 Å². The van der Waals surface area contributed by atoms with E-state index in [9.17, 15) is 0 Å². The highest BCUT2D eigenvalue weighted by molar-refractivity contribution is 6.74. The highest BCUT2D eigenvalue weighted by atomic mass is 28.4. The number of allylic oxidation sites excluding steroid dienone is 2. The van der Waals surface area contributed by atoms with Crippen molar-refractivity contribution in [1.29, 1.82) is 0 Å². The van der Waals surface area contributed by atoms with Crippen molar-refractivity contribution in [2.24, 2.45) is 17.3 Å². The number of rotatable bonds is 5. The van der Waals surface area contributed by atoms with E-state index in [-0.39, 0.29) is 0 Å². The Bertz CT molecular complexity index is 529. The average molecular weight is 379 g/mol. The lowest BCUT2D eigenvalue weighted by Crippen LogP contribution is -2.50. The van der Waals surface area contributed by atoms with Gasteiger partial charge in [0.25, 0.3) is 0 Å². The molecule has 0 bridgehead atoms. The SMILES string of the molecule is CC(C)=CCC[C@H]1OC[C@]23CCC[C@H](O[Si](C)(C)C(C)(C)C)[C@@H]2CC[C@H]13. The third kappa shape index (κ3) is 3.73. The quantitative estimate of drug-likeness (QED) is 0.390. The molecule has 0 aromatic carbocycles. The summed E-state index contributed by atoms with van der Waals surface area (Å²) in [4.78, 5) is 0. The molecule has 2 aliphatic carbocycles. The Balaban J connectivity index is 1.71. The zero-order valence-corrected chi connectivity index (χ0v) is 19.4. The summed E-state index contributed by atoms with van der Waals surface area (Å²) in [5, 5.41) is 0.300. The highest BCUT2D eigenvalue weighted by Gasteiger charge is 2.61. The Morgan fingerprint density at radius 1 is 1.15 bits per heavy atom. The van der Waals surface area contributed by atoms with Crippen molar-refractivity contribution < 1.29 is 9.16 Å². The normalized spacial score (nSPS) is 37.3. The average Bonchev–Trinajstić information content (AvgIpc) is 3.03. The second kappa shape index (κ2) is 7.37. The van der Waals surface area contributed by atoms with Crippen molar-refractivity contribution in [3.8, 4) is 0 Å². The topological polar surface area (TPSA) is 18.5 Å². The molecule has 5 atom stereocenters. The van der Waals surface area contributed by atoms with E-state index < -0.39 is 8.32 Å². The highest BCUT2D eigenvalue weighted by Crippen LogP contribution is 2.62. The zero-order chi connectivity index (χ0) is 19.2. The molecule has 3 rings (SSSR count). The molecule has 3 aliphatic rings. The van der Waals surface area contributed by atoms with Crippen LogP contribution >= 0.6 is 0 Å². The van der Waals surface area contributed by atoms with Gasteiger partial charge >= 0.3 is 0 Å². The zero-order valence-electron chi connectivity index (χ0n) is 18.4. The van der Waals surface area contributed by atoms with Gasteiger partial charge < -0.3 is 9.16 Å². The number of hydrogen-bond acceptors (Lipinski definition) is 2. The standard InChI is InChI=1S/C23H42O2Si/c1-17(2)10-8-11-20-18-13-14-19-21(25-26(6,7)22(3,4)5)12-9-15-23(18,19)16-24-20/h10,18-21H,8-9,11-16H2,1-7H3/t18-,19+,20-,21+,23+/m1/s1. The largest absolute Gasteiger partial charge is 0.414 e. The van der Waals surface area contributed by atoms with Crippen LogP contribution in [0.3, 0.4) is 0 Å². The van der Waals surface area contributed by atoms with Crippen LogP contribution in [0.1, 0.15) is 79.6 Å². The van der Waals surface area contributed by atoms with Crippen LogP contribution in [0.15, 0.2) is 11.6 Å². The van der Waals surface area contributed by atoms with Gasteiger partial charge in [-0.25, -0.2) is 0 Å². The Hall–Kier alpha value is -0.123. The van der Waals surface area contributed by atoms with E-state index in [1.54, 1.807) is 0 Å². The van der Waals surface area contributed by atoms with Crippen molar-refractivity contribution in [3.05, 3.63) is 11.6 Å². The molecule has 0 unspecified atom stereocenters. The molecule has 1 spiro atoms. The van der Waals surface area contributed by atoms with Gasteiger partial charge in [0.2, 0.25) is 0 Å². The smallest absolute Gasteiger partial charge is 0.192 e. The third-order valence-electron chi connectivity index (χ3n) is 8.12. The fourth-order valence-corrected chi connectivity index (χ4v) is 7.10. The fraction of sp³-hybridized carbons (Fsp3) is 0.913. The Labute approximate surface area is 163 Å². The second-order valence-electron chi connectivity index (χ2n) is 11.0. The number of ether oxygens (including phenoxy) is 1. The summed E-state index contributed by atoms with van der Waals surface area (Å²) in [7, 11) is -1.70. The summed E-state index contributed by atoms with van der Waals surface area (Å²) < 4.78 is 13.4. The predicted octanol–water partition coefficient (Wildman–Crippen LogP) is 6.72. The van der Waals surface area contributed by atoms with Gasteiger partial charge in [0.15, 0.2) is 8.32 Å². The van der Waals surface area contributed by atoms with Crippen LogP contribution in [-0.4, -0.2) is 27.1 Å². The molecule has 2 nitrogen and oxygen atoms in total. The molecule has 1 heterocycles. The molecule has 3 fully saturated rings. The summed E-state index contributed by atoms with van der Waals surface area (Å²) >= 11 is 0. The fourth-order valence-electron chi connectivity index (χ4n) is 5.71. The van der Waals surface area contributed by atoms with E-state index in [0.29, 0.717) is 22.7 Å². The molecule has 0 aromatic heterocycles. The first-order chi connectivity index (χ1) is 12.1. The minimum atomic E-state index is -1.70. The van der Waals surface area contributed by atoms with Gasteiger partial charge in [0.1, 0.15) is 0 Å². The molecule has 3 heteroatoms.